The summed E-state index contributed by atoms with van der Waals surface area (Å²) in [6, 6.07) is 16.9. The van der Waals surface area contributed by atoms with Crippen molar-refractivity contribution in [1.82, 2.24) is 9.80 Å². The zero-order valence-electron chi connectivity index (χ0n) is 17.3. The highest BCUT2D eigenvalue weighted by molar-refractivity contribution is 6.04. The number of anilines is 1. The van der Waals surface area contributed by atoms with E-state index in [1.54, 1.807) is 12.1 Å². The summed E-state index contributed by atoms with van der Waals surface area (Å²) in [7, 11) is 1.95. The van der Waals surface area contributed by atoms with Crippen LogP contribution in [0.1, 0.15) is 35.8 Å². The molecule has 2 aromatic carbocycles. The van der Waals surface area contributed by atoms with Crippen LogP contribution in [-0.2, 0) is 9.53 Å². The second kappa shape index (κ2) is 9.67. The highest BCUT2D eigenvalue weighted by atomic mass is 16.5. The summed E-state index contributed by atoms with van der Waals surface area (Å²) in [5.41, 5.74) is 2.40. The Balaban J connectivity index is 1.61. The topological polar surface area (TPSA) is 61.9 Å². The van der Waals surface area contributed by atoms with Crippen LogP contribution < -0.4 is 5.32 Å². The van der Waals surface area contributed by atoms with Crippen molar-refractivity contribution in [2.45, 2.75) is 26.0 Å². The number of carbonyl (C=O) groups excluding carboxylic acids is 2. The fraction of sp³-hybridized carbons (Fsp3) is 0.391. The van der Waals surface area contributed by atoms with E-state index in [1.807, 2.05) is 66.2 Å². The van der Waals surface area contributed by atoms with Crippen LogP contribution in [0.25, 0.3) is 0 Å². The molecule has 1 fully saturated rings. The number of nitrogens with zero attached hydrogens (tertiary/aromatic N) is 2. The average Bonchev–Trinajstić information content (AvgIpc) is 2.74. The summed E-state index contributed by atoms with van der Waals surface area (Å²) < 4.78 is 5.51. The molecule has 0 aliphatic carbocycles. The van der Waals surface area contributed by atoms with Crippen molar-refractivity contribution in [3.05, 3.63) is 65.7 Å². The fourth-order valence-electron chi connectivity index (χ4n) is 3.42. The molecule has 0 saturated carbocycles. The lowest BCUT2D eigenvalue weighted by Crippen LogP contribution is -2.48. The molecule has 0 bridgehead atoms. The van der Waals surface area contributed by atoms with Gasteiger partial charge >= 0.3 is 0 Å². The number of benzene rings is 2. The quantitative estimate of drug-likeness (QED) is 0.816. The Bertz CT molecular complexity index is 840. The highest BCUT2D eigenvalue weighted by Crippen LogP contribution is 2.22. The van der Waals surface area contributed by atoms with Crippen molar-refractivity contribution >= 4 is 17.5 Å². The Kier molecular flexibility index (Phi) is 7.01. The second-order valence-corrected chi connectivity index (χ2v) is 7.56. The predicted molar refractivity (Wildman–Crippen MR) is 114 cm³/mol. The number of rotatable bonds is 6. The van der Waals surface area contributed by atoms with Gasteiger partial charge in [-0.2, -0.15) is 0 Å². The van der Waals surface area contributed by atoms with Gasteiger partial charge in [0.2, 0.25) is 5.91 Å². The van der Waals surface area contributed by atoms with E-state index in [9.17, 15) is 9.59 Å². The molecule has 0 spiro atoms. The van der Waals surface area contributed by atoms with E-state index in [-0.39, 0.29) is 24.0 Å². The fourth-order valence-corrected chi connectivity index (χ4v) is 3.42. The minimum atomic E-state index is -0.139. The number of ether oxygens (including phenoxy) is 1. The van der Waals surface area contributed by atoms with Gasteiger partial charge in [0.05, 0.1) is 19.3 Å². The van der Waals surface area contributed by atoms with Crippen LogP contribution in [0.2, 0.25) is 0 Å². The Labute approximate surface area is 172 Å². The third-order valence-electron chi connectivity index (χ3n) is 5.30. The Hall–Kier alpha value is -2.70. The number of carbonyl (C=O) groups is 2. The van der Waals surface area contributed by atoms with Gasteiger partial charge in [0.25, 0.3) is 5.91 Å². The molecular weight excluding hydrogens is 366 g/mol. The van der Waals surface area contributed by atoms with Crippen molar-refractivity contribution in [2.24, 2.45) is 0 Å². The number of nitrogens with one attached hydrogen (secondary N) is 1. The monoisotopic (exact) mass is 395 g/mol. The van der Waals surface area contributed by atoms with E-state index in [2.05, 4.69) is 12.2 Å². The van der Waals surface area contributed by atoms with Gasteiger partial charge in [-0.25, -0.2) is 0 Å². The number of hydrogen-bond donors (Lipinski definition) is 1. The van der Waals surface area contributed by atoms with Gasteiger partial charge in [-0.3, -0.25) is 14.5 Å². The smallest absolute Gasteiger partial charge is 0.255 e. The predicted octanol–water partition coefficient (Wildman–Crippen LogP) is 3.18. The number of likely N-dealkylation sites (N-methyl/N-ethyl adjacent to an activating group) is 1. The van der Waals surface area contributed by atoms with E-state index in [4.69, 9.17) is 4.74 Å². The van der Waals surface area contributed by atoms with Crippen LogP contribution in [0.5, 0.6) is 0 Å². The van der Waals surface area contributed by atoms with Crippen molar-refractivity contribution in [3.63, 3.8) is 0 Å². The van der Waals surface area contributed by atoms with Gasteiger partial charge in [-0.05, 0) is 50.7 Å². The van der Waals surface area contributed by atoms with Crippen molar-refractivity contribution in [1.29, 1.82) is 0 Å². The minimum absolute atomic E-state index is 0.0333. The molecule has 2 atom stereocenters. The van der Waals surface area contributed by atoms with E-state index in [0.29, 0.717) is 31.8 Å². The molecule has 6 nitrogen and oxygen atoms in total. The number of hydrogen-bond acceptors (Lipinski definition) is 4. The maximum Gasteiger partial charge on any atom is 0.255 e. The zero-order chi connectivity index (χ0) is 20.8. The van der Waals surface area contributed by atoms with Gasteiger partial charge in [0.15, 0.2) is 0 Å². The lowest BCUT2D eigenvalue weighted by molar-refractivity contribution is -0.139. The maximum absolute atomic E-state index is 12.6. The van der Waals surface area contributed by atoms with E-state index < -0.39 is 0 Å². The molecule has 29 heavy (non-hydrogen) atoms. The van der Waals surface area contributed by atoms with Crippen molar-refractivity contribution < 1.29 is 14.3 Å². The Morgan fingerprint density at radius 3 is 2.69 bits per heavy atom. The third kappa shape index (κ3) is 5.65. The SMILES string of the molecule is C[C@H](c1cccc(NC(=O)c2ccccc2)c1)N(C)CC(=O)N1CCO[C@@H](C)C1. The molecule has 1 N–H and O–H groups in total. The molecule has 154 valence electrons. The molecule has 3 rings (SSSR count). The van der Waals surface area contributed by atoms with E-state index >= 15 is 0 Å². The largest absolute Gasteiger partial charge is 0.375 e. The van der Waals surface area contributed by atoms with E-state index in [0.717, 1.165) is 11.3 Å². The lowest BCUT2D eigenvalue weighted by Gasteiger charge is -2.33. The first-order chi connectivity index (χ1) is 13.9. The lowest BCUT2D eigenvalue weighted by atomic mass is 10.1. The third-order valence-corrected chi connectivity index (χ3v) is 5.30. The van der Waals surface area contributed by atoms with E-state index in [1.165, 1.54) is 0 Å². The molecule has 1 heterocycles. The van der Waals surface area contributed by atoms with Crippen LogP contribution in [0.4, 0.5) is 5.69 Å². The van der Waals surface area contributed by atoms with Crippen LogP contribution in [0, 0.1) is 0 Å². The first kappa shape index (κ1) is 21.0. The van der Waals surface area contributed by atoms with Gasteiger partial charge in [-0.1, -0.05) is 30.3 Å². The average molecular weight is 396 g/mol. The molecule has 1 aliphatic rings. The molecular formula is C23H29N3O3. The normalized spacial score (nSPS) is 17.8. The summed E-state index contributed by atoms with van der Waals surface area (Å²) in [4.78, 5) is 28.9. The van der Waals surface area contributed by atoms with Crippen LogP contribution in [0.3, 0.4) is 0 Å². The van der Waals surface area contributed by atoms with Gasteiger partial charge in [0.1, 0.15) is 0 Å². The standard InChI is InChI=1S/C23H29N3O3/c1-17-15-26(12-13-29-17)22(27)16-25(3)18(2)20-10-7-11-21(14-20)24-23(28)19-8-5-4-6-9-19/h4-11,14,17-18H,12-13,15-16H2,1-3H3,(H,24,28)/t17-,18+/m0/s1. The highest BCUT2D eigenvalue weighted by Gasteiger charge is 2.24. The maximum atomic E-state index is 12.6. The number of amides is 2. The van der Waals surface area contributed by atoms with Crippen LogP contribution >= 0.6 is 0 Å². The van der Waals surface area contributed by atoms with Gasteiger partial charge in [0, 0.05) is 30.4 Å². The molecule has 2 aromatic rings. The minimum Gasteiger partial charge on any atom is -0.375 e. The second-order valence-electron chi connectivity index (χ2n) is 7.56. The molecule has 6 heteroatoms. The van der Waals surface area contributed by atoms with Crippen LogP contribution in [0.15, 0.2) is 54.6 Å². The molecule has 1 saturated heterocycles. The van der Waals surface area contributed by atoms with Crippen molar-refractivity contribution in [2.75, 3.05) is 38.6 Å². The van der Waals surface area contributed by atoms with Gasteiger partial charge in [-0.15, -0.1) is 0 Å². The molecule has 0 aromatic heterocycles. The summed E-state index contributed by atoms with van der Waals surface area (Å²) in [5.74, 6) is -0.0246. The van der Waals surface area contributed by atoms with Crippen LogP contribution in [-0.4, -0.2) is 61.0 Å². The Morgan fingerprint density at radius 1 is 1.21 bits per heavy atom. The molecule has 0 unspecified atom stereocenters. The Morgan fingerprint density at radius 2 is 1.97 bits per heavy atom. The summed E-state index contributed by atoms with van der Waals surface area (Å²) in [6.07, 6.45) is 0.0836. The molecule has 2 amide bonds. The van der Waals surface area contributed by atoms with Crippen molar-refractivity contribution in [3.8, 4) is 0 Å². The van der Waals surface area contributed by atoms with Gasteiger partial charge < -0.3 is 15.0 Å². The summed E-state index contributed by atoms with van der Waals surface area (Å²) >= 11 is 0. The number of morpholine rings is 1. The first-order valence-electron chi connectivity index (χ1n) is 10.00. The zero-order valence-corrected chi connectivity index (χ0v) is 17.3. The first-order valence-corrected chi connectivity index (χ1v) is 10.00. The molecule has 1 aliphatic heterocycles. The summed E-state index contributed by atoms with van der Waals surface area (Å²) in [6.45, 7) is 6.27. The summed E-state index contributed by atoms with van der Waals surface area (Å²) in [5, 5.41) is 2.94. The molecule has 0 radical (unpaired) electrons.